The minimum absolute atomic E-state index is 0.111. The number of benzene rings is 1. The lowest BCUT2D eigenvalue weighted by Gasteiger charge is -2.12. The van der Waals surface area contributed by atoms with Crippen LogP contribution in [0.4, 0.5) is 0 Å². The normalized spacial score (nSPS) is 11.4. The maximum Gasteiger partial charge on any atom is 0.194 e. The van der Waals surface area contributed by atoms with Crippen molar-refractivity contribution in [2.75, 3.05) is 0 Å². The number of hydrogen-bond donors (Lipinski definition) is 1. The van der Waals surface area contributed by atoms with E-state index in [0.717, 1.165) is 25.7 Å². The Morgan fingerprint density at radius 3 is 2.35 bits per heavy atom. The molecule has 0 aliphatic carbocycles. The summed E-state index contributed by atoms with van der Waals surface area (Å²) in [5, 5.41) is 0.716. The molecule has 0 saturated carbocycles. The summed E-state index contributed by atoms with van der Waals surface area (Å²) in [6, 6.07) is 3.82. The summed E-state index contributed by atoms with van der Waals surface area (Å²) in [4.78, 5) is 15.8. The third kappa shape index (κ3) is 2.08. The minimum Gasteiger partial charge on any atom is -0.357 e. The van der Waals surface area contributed by atoms with Crippen molar-refractivity contribution in [3.05, 3.63) is 42.6 Å². The monoisotopic (exact) mass is 357 g/mol. The molecular weight excluding hydrogens is 346 g/mol. The summed E-state index contributed by atoms with van der Waals surface area (Å²) < 4.78 is 1.74. The van der Waals surface area contributed by atoms with Crippen molar-refractivity contribution in [1.82, 2.24) is 4.98 Å². The van der Waals surface area contributed by atoms with Crippen molar-refractivity contribution in [1.29, 1.82) is 0 Å². The number of halogens is 2. The Morgan fingerprint density at radius 1 is 1.18 bits per heavy atom. The predicted octanol–water partition coefficient (Wildman–Crippen LogP) is 4.48. The van der Waals surface area contributed by atoms with E-state index in [4.69, 9.17) is 0 Å². The van der Waals surface area contributed by atoms with Crippen LogP contribution in [0.3, 0.4) is 0 Å². The van der Waals surface area contributed by atoms with E-state index in [1.165, 1.54) is 0 Å². The zero-order chi connectivity index (χ0) is 12.7. The number of fused-ring (bicyclic) bond motifs is 1. The number of aromatic amines is 1. The zero-order valence-electron chi connectivity index (χ0n) is 9.90. The summed E-state index contributed by atoms with van der Waals surface area (Å²) in [6.07, 6.45) is 0. The second-order valence-corrected chi connectivity index (χ2v) is 6.14. The van der Waals surface area contributed by atoms with Gasteiger partial charge < -0.3 is 4.98 Å². The van der Waals surface area contributed by atoms with Crippen LogP contribution in [0.25, 0.3) is 10.9 Å². The molecule has 0 spiro atoms. The maximum atomic E-state index is 12.5. The first-order valence-corrected chi connectivity index (χ1v) is 7.02. The molecule has 1 N–H and O–H groups in total. The van der Waals surface area contributed by atoms with Crippen molar-refractivity contribution in [2.45, 2.75) is 26.7 Å². The molecule has 0 radical (unpaired) electrons. The van der Waals surface area contributed by atoms with Gasteiger partial charge in [0.1, 0.15) is 0 Å². The third-order valence-electron chi connectivity index (χ3n) is 2.87. The molecular formula is C13H13Br2NO. The van der Waals surface area contributed by atoms with E-state index in [9.17, 15) is 4.79 Å². The molecule has 2 aromatic rings. The van der Waals surface area contributed by atoms with Crippen LogP contribution in [-0.2, 0) is 0 Å². The number of hydrogen-bond acceptors (Lipinski definition) is 1. The Bertz CT molecular complexity index is 644. The summed E-state index contributed by atoms with van der Waals surface area (Å²) in [5.74, 6) is 0.217. The van der Waals surface area contributed by atoms with Gasteiger partial charge in [0, 0.05) is 20.2 Å². The fourth-order valence-electron chi connectivity index (χ4n) is 2.15. The van der Waals surface area contributed by atoms with E-state index in [0.29, 0.717) is 5.39 Å². The number of H-pyrrole nitrogens is 1. The highest BCUT2D eigenvalue weighted by atomic mass is 79.9. The molecule has 0 amide bonds. The summed E-state index contributed by atoms with van der Waals surface area (Å²) in [7, 11) is 0. The SMILES string of the molecule is Cc1[nH]c2c(Br)ccc(Br)c2c(=O)c1C(C)C. The first kappa shape index (κ1) is 12.8. The Morgan fingerprint density at radius 2 is 1.76 bits per heavy atom. The van der Waals surface area contributed by atoms with Crippen LogP contribution in [0, 0.1) is 6.92 Å². The van der Waals surface area contributed by atoms with E-state index >= 15 is 0 Å². The summed E-state index contributed by atoms with van der Waals surface area (Å²) in [6.45, 7) is 6.02. The lowest BCUT2D eigenvalue weighted by molar-refractivity contribution is 0.838. The predicted molar refractivity (Wildman–Crippen MR) is 78.8 cm³/mol. The van der Waals surface area contributed by atoms with E-state index in [1.54, 1.807) is 0 Å². The highest BCUT2D eigenvalue weighted by Crippen LogP contribution is 2.28. The van der Waals surface area contributed by atoms with Crippen LogP contribution in [0.1, 0.15) is 31.0 Å². The molecule has 1 heterocycles. The molecule has 0 aliphatic rings. The highest BCUT2D eigenvalue weighted by molar-refractivity contribution is 9.11. The molecule has 1 aromatic carbocycles. The van der Waals surface area contributed by atoms with Crippen molar-refractivity contribution >= 4 is 42.8 Å². The van der Waals surface area contributed by atoms with Gasteiger partial charge in [0.25, 0.3) is 0 Å². The Labute approximate surface area is 117 Å². The molecule has 0 unspecified atom stereocenters. The fourth-order valence-corrected chi connectivity index (χ4v) is 3.09. The quantitative estimate of drug-likeness (QED) is 0.800. The van der Waals surface area contributed by atoms with E-state index in [2.05, 4.69) is 36.8 Å². The van der Waals surface area contributed by atoms with Gasteiger partial charge in [0.2, 0.25) is 0 Å². The van der Waals surface area contributed by atoms with Crippen molar-refractivity contribution in [3.63, 3.8) is 0 Å². The van der Waals surface area contributed by atoms with Crippen molar-refractivity contribution in [3.8, 4) is 0 Å². The Balaban J connectivity index is 3.03. The molecule has 4 heteroatoms. The molecule has 0 atom stereocenters. The van der Waals surface area contributed by atoms with E-state index < -0.39 is 0 Å². The van der Waals surface area contributed by atoms with E-state index in [-0.39, 0.29) is 11.3 Å². The second-order valence-electron chi connectivity index (χ2n) is 4.43. The Kier molecular flexibility index (Phi) is 3.46. The van der Waals surface area contributed by atoms with Gasteiger partial charge in [0.15, 0.2) is 5.43 Å². The molecule has 90 valence electrons. The number of nitrogens with one attached hydrogen (secondary N) is 1. The molecule has 1 aromatic heterocycles. The van der Waals surface area contributed by atoms with Gasteiger partial charge in [-0.1, -0.05) is 13.8 Å². The second kappa shape index (κ2) is 4.58. The molecule has 0 fully saturated rings. The van der Waals surface area contributed by atoms with Gasteiger partial charge in [-0.3, -0.25) is 4.79 Å². The molecule has 17 heavy (non-hydrogen) atoms. The first-order valence-electron chi connectivity index (χ1n) is 5.44. The van der Waals surface area contributed by atoms with E-state index in [1.807, 2.05) is 32.9 Å². The van der Waals surface area contributed by atoms with Crippen molar-refractivity contribution in [2.24, 2.45) is 0 Å². The smallest absolute Gasteiger partial charge is 0.194 e. The third-order valence-corrected chi connectivity index (χ3v) is 4.19. The fraction of sp³-hybridized carbons (Fsp3) is 0.308. The highest BCUT2D eigenvalue weighted by Gasteiger charge is 2.15. The topological polar surface area (TPSA) is 32.9 Å². The van der Waals surface area contributed by atoms with Crippen LogP contribution < -0.4 is 5.43 Å². The van der Waals surface area contributed by atoms with Gasteiger partial charge in [-0.2, -0.15) is 0 Å². The number of aryl methyl sites for hydroxylation is 1. The average molecular weight is 359 g/mol. The maximum absolute atomic E-state index is 12.5. The van der Waals surface area contributed by atoms with Crippen molar-refractivity contribution < 1.29 is 0 Å². The van der Waals surface area contributed by atoms with Gasteiger partial charge in [-0.25, -0.2) is 0 Å². The number of aromatic nitrogens is 1. The average Bonchev–Trinajstić information content (AvgIpc) is 2.22. The van der Waals surface area contributed by atoms with Crippen LogP contribution in [0.2, 0.25) is 0 Å². The molecule has 2 nitrogen and oxygen atoms in total. The first-order chi connectivity index (χ1) is 7.93. The summed E-state index contributed by atoms with van der Waals surface area (Å²) in [5.41, 5.74) is 2.76. The van der Waals surface area contributed by atoms with Crippen LogP contribution in [0.5, 0.6) is 0 Å². The largest absolute Gasteiger partial charge is 0.357 e. The number of rotatable bonds is 1. The van der Waals surface area contributed by atoms with Gasteiger partial charge in [-0.15, -0.1) is 0 Å². The Hall–Kier alpha value is -0.610. The molecule has 0 saturated heterocycles. The lowest BCUT2D eigenvalue weighted by atomic mass is 9.99. The van der Waals surface area contributed by atoms with Crippen LogP contribution in [-0.4, -0.2) is 4.98 Å². The summed E-state index contributed by atoms with van der Waals surface area (Å²) >= 11 is 6.92. The standard InChI is InChI=1S/C13H13Br2NO/c1-6(2)10-7(3)16-12-9(15)5-4-8(14)11(12)13(10)17/h4-6H,1-3H3,(H,16,17). The van der Waals surface area contributed by atoms with Gasteiger partial charge in [-0.05, 0) is 56.8 Å². The van der Waals surface area contributed by atoms with Crippen LogP contribution >= 0.6 is 31.9 Å². The molecule has 0 bridgehead atoms. The van der Waals surface area contributed by atoms with Gasteiger partial charge in [0.05, 0.1) is 10.9 Å². The molecule has 0 aliphatic heterocycles. The number of pyridine rings is 1. The van der Waals surface area contributed by atoms with Gasteiger partial charge >= 0.3 is 0 Å². The van der Waals surface area contributed by atoms with Crippen LogP contribution in [0.15, 0.2) is 25.9 Å². The minimum atomic E-state index is 0.111. The lowest BCUT2D eigenvalue weighted by Crippen LogP contribution is -2.15. The zero-order valence-corrected chi connectivity index (χ0v) is 13.1. The molecule has 2 rings (SSSR count).